The molecule has 0 atom stereocenters. The molecule has 3 heteroatoms. The third-order valence-electron chi connectivity index (χ3n) is 11.3. The molecule has 0 aliphatic rings. The number of hydrogen-bond acceptors (Lipinski definition) is 1. The monoisotopic (exact) mass is 674 g/mol. The summed E-state index contributed by atoms with van der Waals surface area (Å²) in [5.74, 6) is 0. The molecular formula is C50H30N2O. The van der Waals surface area contributed by atoms with E-state index in [2.05, 4.69) is 179 Å². The van der Waals surface area contributed by atoms with Crippen molar-refractivity contribution < 1.29 is 4.42 Å². The Balaban J connectivity index is 1.08. The van der Waals surface area contributed by atoms with Crippen LogP contribution in [0.3, 0.4) is 0 Å². The van der Waals surface area contributed by atoms with Crippen molar-refractivity contribution in [1.82, 2.24) is 9.13 Å². The van der Waals surface area contributed by atoms with E-state index in [1.165, 1.54) is 82.0 Å². The first-order valence-corrected chi connectivity index (χ1v) is 18.2. The SMILES string of the molecule is c1ccc2c(-n3c4ccc(-c5ccc6c(c5)c5ccccc5n6-c5ccc6c(c5)oc5ccccc56)cc4c4ccc5ccccc5c43)cccc2c1. The lowest BCUT2D eigenvalue weighted by molar-refractivity contribution is 0.668. The highest BCUT2D eigenvalue weighted by atomic mass is 16.3. The molecular weight excluding hydrogens is 645 g/mol. The summed E-state index contributed by atoms with van der Waals surface area (Å²) >= 11 is 0. The molecule has 0 amide bonds. The maximum atomic E-state index is 6.32. The van der Waals surface area contributed by atoms with Gasteiger partial charge >= 0.3 is 0 Å². The molecule has 0 bridgehead atoms. The zero-order valence-electron chi connectivity index (χ0n) is 28.6. The first kappa shape index (κ1) is 28.6. The summed E-state index contributed by atoms with van der Waals surface area (Å²) in [6.07, 6.45) is 0. The number of fused-ring (bicyclic) bond motifs is 12. The number of rotatable bonds is 3. The topological polar surface area (TPSA) is 23.0 Å². The van der Waals surface area contributed by atoms with Crippen molar-refractivity contribution in [2.75, 3.05) is 0 Å². The minimum Gasteiger partial charge on any atom is -0.456 e. The Kier molecular flexibility index (Phi) is 5.77. The van der Waals surface area contributed by atoms with Gasteiger partial charge in [-0.1, -0.05) is 121 Å². The second-order valence-corrected chi connectivity index (χ2v) is 14.1. The van der Waals surface area contributed by atoms with Crippen LogP contribution in [0.5, 0.6) is 0 Å². The van der Waals surface area contributed by atoms with Gasteiger partial charge in [-0.15, -0.1) is 0 Å². The normalized spacial score (nSPS) is 12.2. The molecule has 0 N–H and O–H groups in total. The second-order valence-electron chi connectivity index (χ2n) is 14.1. The third-order valence-corrected chi connectivity index (χ3v) is 11.3. The summed E-state index contributed by atoms with van der Waals surface area (Å²) in [6.45, 7) is 0. The van der Waals surface area contributed by atoms with Crippen molar-refractivity contribution in [3.8, 4) is 22.5 Å². The molecule has 12 rings (SSSR count). The molecule has 0 unspecified atom stereocenters. The van der Waals surface area contributed by atoms with E-state index >= 15 is 0 Å². The lowest BCUT2D eigenvalue weighted by Crippen LogP contribution is -1.96. The highest BCUT2D eigenvalue weighted by Crippen LogP contribution is 2.41. The molecule has 3 aromatic heterocycles. The zero-order chi connectivity index (χ0) is 34.6. The van der Waals surface area contributed by atoms with E-state index in [0.717, 1.165) is 27.6 Å². The van der Waals surface area contributed by atoms with Gasteiger partial charge in [-0.3, -0.25) is 0 Å². The number of benzene rings is 9. The van der Waals surface area contributed by atoms with Crippen molar-refractivity contribution in [3.63, 3.8) is 0 Å². The Morgan fingerprint density at radius 2 is 0.906 bits per heavy atom. The van der Waals surface area contributed by atoms with Gasteiger partial charge in [0.2, 0.25) is 0 Å². The van der Waals surface area contributed by atoms with Crippen molar-refractivity contribution >= 4 is 87.1 Å². The number of furan rings is 1. The summed E-state index contributed by atoms with van der Waals surface area (Å²) in [5.41, 5.74) is 11.3. The van der Waals surface area contributed by atoms with E-state index in [9.17, 15) is 0 Å². The van der Waals surface area contributed by atoms with E-state index in [1.807, 2.05) is 12.1 Å². The Bertz CT molecular complexity index is 3460. The van der Waals surface area contributed by atoms with E-state index in [-0.39, 0.29) is 0 Å². The van der Waals surface area contributed by atoms with E-state index < -0.39 is 0 Å². The first-order valence-electron chi connectivity index (χ1n) is 18.2. The van der Waals surface area contributed by atoms with Gasteiger partial charge in [-0.05, 0) is 76.5 Å². The van der Waals surface area contributed by atoms with Crippen molar-refractivity contribution in [2.24, 2.45) is 0 Å². The Labute approximate surface area is 304 Å². The predicted octanol–water partition coefficient (Wildman–Crippen LogP) is 13.8. The molecule has 0 saturated carbocycles. The fourth-order valence-corrected chi connectivity index (χ4v) is 8.90. The molecule has 0 fully saturated rings. The van der Waals surface area contributed by atoms with Gasteiger partial charge in [0.15, 0.2) is 0 Å². The average molecular weight is 675 g/mol. The van der Waals surface area contributed by atoms with Crippen LogP contribution in [0.2, 0.25) is 0 Å². The molecule has 3 nitrogen and oxygen atoms in total. The predicted molar refractivity (Wildman–Crippen MR) is 223 cm³/mol. The van der Waals surface area contributed by atoms with Gasteiger partial charge < -0.3 is 13.6 Å². The number of para-hydroxylation sites is 2. The van der Waals surface area contributed by atoms with E-state index in [0.29, 0.717) is 0 Å². The molecule has 12 aromatic rings. The zero-order valence-corrected chi connectivity index (χ0v) is 28.6. The maximum absolute atomic E-state index is 6.32. The molecule has 246 valence electrons. The van der Waals surface area contributed by atoms with Gasteiger partial charge in [-0.25, -0.2) is 0 Å². The Hall–Kier alpha value is -7.10. The number of nitrogens with zero attached hydrogens (tertiary/aromatic N) is 2. The summed E-state index contributed by atoms with van der Waals surface area (Å²) in [4.78, 5) is 0. The summed E-state index contributed by atoms with van der Waals surface area (Å²) < 4.78 is 11.2. The molecule has 0 spiro atoms. The lowest BCUT2D eigenvalue weighted by Gasteiger charge is -2.13. The van der Waals surface area contributed by atoms with Crippen molar-refractivity contribution in [2.45, 2.75) is 0 Å². The molecule has 53 heavy (non-hydrogen) atoms. The number of aromatic nitrogens is 2. The summed E-state index contributed by atoms with van der Waals surface area (Å²) in [7, 11) is 0. The van der Waals surface area contributed by atoms with Gasteiger partial charge in [0, 0.05) is 54.8 Å². The fourth-order valence-electron chi connectivity index (χ4n) is 8.90. The van der Waals surface area contributed by atoms with Crippen LogP contribution >= 0.6 is 0 Å². The third kappa shape index (κ3) is 4.05. The highest BCUT2D eigenvalue weighted by Gasteiger charge is 2.19. The van der Waals surface area contributed by atoms with Gasteiger partial charge in [0.05, 0.1) is 27.8 Å². The van der Waals surface area contributed by atoms with Crippen molar-refractivity contribution in [1.29, 1.82) is 0 Å². The molecule has 0 radical (unpaired) electrons. The molecule has 0 aliphatic carbocycles. The smallest absolute Gasteiger partial charge is 0.137 e. The minimum atomic E-state index is 0.898. The van der Waals surface area contributed by atoms with E-state index in [1.54, 1.807) is 0 Å². The number of hydrogen-bond donors (Lipinski definition) is 0. The minimum absolute atomic E-state index is 0.898. The standard InChI is InChI=1S/C50H30N2O/c1-3-13-36-31(10-1)12-9-18-44(36)52-47-27-22-34(29-43(47)41-24-20-32-11-2-4-14-37(32)50(41)52)33-21-26-46-42(28-33)38-15-5-7-17-45(38)51(46)35-23-25-40-39-16-6-8-19-48(39)53-49(40)30-35/h1-30H. The largest absolute Gasteiger partial charge is 0.456 e. The van der Waals surface area contributed by atoms with Gasteiger partial charge in [0.1, 0.15) is 11.2 Å². The molecule has 3 heterocycles. The molecule has 0 aliphatic heterocycles. The van der Waals surface area contributed by atoms with Crippen LogP contribution in [0.15, 0.2) is 186 Å². The molecule has 9 aromatic carbocycles. The fraction of sp³-hybridized carbons (Fsp3) is 0. The summed E-state index contributed by atoms with van der Waals surface area (Å²) in [5, 5.41) is 12.2. The van der Waals surface area contributed by atoms with Crippen molar-refractivity contribution in [3.05, 3.63) is 182 Å². The van der Waals surface area contributed by atoms with Crippen LogP contribution in [0, 0.1) is 0 Å². The quantitative estimate of drug-likeness (QED) is 0.183. The Morgan fingerprint density at radius 3 is 1.74 bits per heavy atom. The molecule has 0 saturated heterocycles. The van der Waals surface area contributed by atoms with Crippen LogP contribution in [0.25, 0.3) is 110 Å². The van der Waals surface area contributed by atoms with E-state index in [4.69, 9.17) is 4.42 Å². The second kappa shape index (κ2) is 10.7. The van der Waals surface area contributed by atoms with Crippen LogP contribution in [0.1, 0.15) is 0 Å². The van der Waals surface area contributed by atoms with Crippen LogP contribution in [0.4, 0.5) is 0 Å². The Morgan fingerprint density at radius 1 is 0.321 bits per heavy atom. The maximum Gasteiger partial charge on any atom is 0.137 e. The highest BCUT2D eigenvalue weighted by molar-refractivity contribution is 6.20. The average Bonchev–Trinajstić information content (AvgIpc) is 3.87. The van der Waals surface area contributed by atoms with Crippen LogP contribution in [-0.2, 0) is 0 Å². The van der Waals surface area contributed by atoms with Crippen LogP contribution < -0.4 is 0 Å². The lowest BCUT2D eigenvalue weighted by atomic mass is 10.00. The summed E-state index contributed by atoms with van der Waals surface area (Å²) in [6, 6.07) is 66.2. The van der Waals surface area contributed by atoms with Gasteiger partial charge in [-0.2, -0.15) is 0 Å². The van der Waals surface area contributed by atoms with Crippen LogP contribution in [-0.4, -0.2) is 9.13 Å². The van der Waals surface area contributed by atoms with Gasteiger partial charge in [0.25, 0.3) is 0 Å². The first-order chi connectivity index (χ1) is 26.3.